The summed E-state index contributed by atoms with van der Waals surface area (Å²) in [6, 6.07) is 18.9. The number of aryl methyl sites for hydroxylation is 1. The fourth-order valence-corrected chi connectivity index (χ4v) is 9.94. The van der Waals surface area contributed by atoms with Crippen LogP contribution in [0.2, 0.25) is 0 Å². The third-order valence-electron chi connectivity index (χ3n) is 10.8. The first kappa shape index (κ1) is 41.5. The third kappa shape index (κ3) is 11.2. The smallest absolute Gasteiger partial charge is 0.263 e. The second-order valence-electron chi connectivity index (χ2n) is 14.9. The van der Waals surface area contributed by atoms with E-state index in [9.17, 15) is 15.5 Å². The molecule has 0 radical (unpaired) electrons. The van der Waals surface area contributed by atoms with Crippen molar-refractivity contribution in [3.05, 3.63) is 92.3 Å². The summed E-state index contributed by atoms with van der Waals surface area (Å²) in [5.41, 5.74) is 3.73. The number of carbonyl (C=O) groups excluding carboxylic acids is 1. The standard InChI is InChI=1S/C47H60N4OS2/c1-3-5-7-9-11-13-15-17-19-25-31-50-40-27-21-23-29-42(40)53-44(50)33-38-46(37(35-48)36-49)39(47(38)52)34-45-51(41-28-22-24-30-43(41)54-45)32-26-20-18-16-14-12-10-8-6-4-2/h21-24,27-30,33-34H,3-20,25-26,31-32H2,1-2H3. The van der Waals surface area contributed by atoms with Gasteiger partial charge in [0.1, 0.15) is 10.8 Å². The van der Waals surface area contributed by atoms with E-state index < -0.39 is 0 Å². The predicted octanol–water partition coefficient (Wildman–Crippen LogP) is 13.4. The summed E-state index contributed by atoms with van der Waals surface area (Å²) in [4.78, 5) is 17.6. The topological polar surface area (TPSA) is 70.3 Å². The molecule has 2 aromatic carbocycles. The highest BCUT2D eigenvalue weighted by Crippen LogP contribution is 2.48. The number of carbonyl (C=O) groups is 1. The Labute approximate surface area is 333 Å². The second-order valence-corrected chi connectivity index (χ2v) is 17.0. The van der Waals surface area contributed by atoms with Gasteiger partial charge in [-0.1, -0.05) is 170 Å². The first-order valence-corrected chi connectivity index (χ1v) is 22.6. The summed E-state index contributed by atoms with van der Waals surface area (Å²) in [5.74, 6) is 2.01. The van der Waals surface area contributed by atoms with Gasteiger partial charge in [-0.2, -0.15) is 9.83 Å². The zero-order valence-electron chi connectivity index (χ0n) is 32.8. The third-order valence-corrected chi connectivity index (χ3v) is 13.0. The fourth-order valence-electron chi connectivity index (χ4n) is 7.68. The normalized spacial score (nSPS) is 15.3. The summed E-state index contributed by atoms with van der Waals surface area (Å²) in [5, 5.41) is 22.1. The quantitative estimate of drug-likeness (QED) is 0.0283. The maximum absolute atomic E-state index is 14.1. The predicted molar refractivity (Wildman–Crippen MR) is 231 cm³/mol. The number of fused-ring (bicyclic) bond motifs is 2. The van der Waals surface area contributed by atoms with Crippen molar-refractivity contribution in [1.82, 2.24) is 0 Å². The number of aromatic nitrogens is 1. The lowest BCUT2D eigenvalue weighted by molar-refractivity contribution is -0.669. The van der Waals surface area contributed by atoms with Crippen LogP contribution in [0.5, 0.6) is 0 Å². The number of unbranched alkanes of at least 4 members (excludes halogenated alkanes) is 18. The molecule has 0 bridgehead atoms. The molecule has 0 saturated heterocycles. The van der Waals surface area contributed by atoms with Gasteiger partial charge in [-0.3, -0.25) is 4.79 Å². The molecule has 0 saturated carbocycles. The van der Waals surface area contributed by atoms with Gasteiger partial charge in [0.2, 0.25) is 5.52 Å². The number of Topliss-reactive ketones (excluding diaryl/α,β-unsaturated/α-hetero) is 1. The molecule has 2 heterocycles. The van der Waals surface area contributed by atoms with Crippen LogP contribution in [0.4, 0.5) is 5.69 Å². The number of nitriles is 1. The minimum Gasteiger partial charge on any atom is -0.762 e. The van der Waals surface area contributed by atoms with Crippen molar-refractivity contribution in [3.63, 3.8) is 0 Å². The molecule has 0 atom stereocenters. The summed E-state index contributed by atoms with van der Waals surface area (Å²) in [6.45, 7) is 6.28. The Morgan fingerprint density at radius 2 is 1.33 bits per heavy atom. The van der Waals surface area contributed by atoms with Gasteiger partial charge >= 0.3 is 0 Å². The highest BCUT2D eigenvalue weighted by atomic mass is 32.2. The summed E-state index contributed by atoms with van der Waals surface area (Å²) < 4.78 is 3.50. The molecule has 286 valence electrons. The molecule has 3 aromatic rings. The lowest BCUT2D eigenvalue weighted by atomic mass is 9.77. The molecule has 2 aliphatic rings. The largest absolute Gasteiger partial charge is 0.762 e. The number of ketones is 1. The number of para-hydroxylation sites is 2. The van der Waals surface area contributed by atoms with Gasteiger partial charge in [0.15, 0.2) is 12.3 Å². The van der Waals surface area contributed by atoms with Crippen molar-refractivity contribution in [3.8, 4) is 6.07 Å². The van der Waals surface area contributed by atoms with E-state index >= 15 is 0 Å². The van der Waals surface area contributed by atoms with Crippen LogP contribution in [0.15, 0.2) is 86.8 Å². The van der Waals surface area contributed by atoms with E-state index in [1.807, 2.05) is 12.2 Å². The van der Waals surface area contributed by atoms with Crippen LogP contribution in [0.25, 0.3) is 21.7 Å². The zero-order chi connectivity index (χ0) is 38.0. The van der Waals surface area contributed by atoms with Gasteiger partial charge in [-0.25, -0.2) is 5.87 Å². The Morgan fingerprint density at radius 1 is 0.759 bits per heavy atom. The van der Waals surface area contributed by atoms with E-state index in [1.165, 1.54) is 125 Å². The Hall–Kier alpha value is -3.69. The second kappa shape index (κ2) is 22.6. The van der Waals surface area contributed by atoms with Gasteiger partial charge in [0.05, 0.1) is 16.3 Å². The number of hydrogen-bond acceptors (Lipinski definition) is 5. The number of thiazole rings is 1. The Kier molecular flexibility index (Phi) is 17.4. The van der Waals surface area contributed by atoms with E-state index in [2.05, 4.69) is 83.8 Å². The van der Waals surface area contributed by atoms with Crippen LogP contribution < -0.4 is 9.47 Å². The number of hydrogen-bond donors (Lipinski definition) is 0. The molecule has 1 aliphatic carbocycles. The van der Waals surface area contributed by atoms with Crippen molar-refractivity contribution in [2.45, 2.75) is 154 Å². The van der Waals surface area contributed by atoms with Crippen LogP contribution in [0, 0.1) is 11.3 Å². The molecule has 0 fully saturated rings. The van der Waals surface area contributed by atoms with Gasteiger partial charge in [0, 0.05) is 46.7 Å². The summed E-state index contributed by atoms with van der Waals surface area (Å²) in [6.07, 6.45) is 29.5. The van der Waals surface area contributed by atoms with E-state index in [0.29, 0.717) is 16.7 Å². The molecule has 1 aromatic heterocycles. The SMILES string of the molecule is CCCCCCCCCCCCN1/C(=C/C2=C(C(=C=[N-])C#N)C(=C/c3sc4ccccc4[n+]3CCCCCCCCCCCC)/C2=O)Sc2ccccc21. The van der Waals surface area contributed by atoms with Crippen LogP contribution >= 0.6 is 23.1 Å². The Morgan fingerprint density at radius 3 is 1.96 bits per heavy atom. The summed E-state index contributed by atoms with van der Waals surface area (Å²) in [7, 11) is 0. The molecule has 0 spiro atoms. The monoisotopic (exact) mass is 760 g/mol. The Bertz CT molecular complexity index is 1890. The van der Waals surface area contributed by atoms with E-state index in [4.69, 9.17) is 0 Å². The van der Waals surface area contributed by atoms with Crippen LogP contribution in [-0.2, 0) is 11.3 Å². The first-order chi connectivity index (χ1) is 26.6. The van der Waals surface area contributed by atoms with Gasteiger partial charge in [0.25, 0.3) is 5.01 Å². The maximum atomic E-state index is 14.1. The van der Waals surface area contributed by atoms with E-state index in [0.717, 1.165) is 47.2 Å². The summed E-state index contributed by atoms with van der Waals surface area (Å²) >= 11 is 3.34. The Balaban J connectivity index is 1.31. The maximum Gasteiger partial charge on any atom is 0.263 e. The molecule has 7 heteroatoms. The van der Waals surface area contributed by atoms with E-state index in [1.54, 1.807) is 23.1 Å². The van der Waals surface area contributed by atoms with Gasteiger partial charge < -0.3 is 10.3 Å². The van der Waals surface area contributed by atoms with Crippen LogP contribution in [-0.4, -0.2) is 18.2 Å². The van der Waals surface area contributed by atoms with Crippen molar-refractivity contribution in [1.29, 1.82) is 5.26 Å². The van der Waals surface area contributed by atoms with Crippen LogP contribution in [0.3, 0.4) is 0 Å². The van der Waals surface area contributed by atoms with Gasteiger partial charge in [-0.15, -0.1) is 0 Å². The zero-order valence-corrected chi connectivity index (χ0v) is 34.5. The number of nitrogens with zero attached hydrogens (tertiary/aromatic N) is 4. The molecule has 5 rings (SSSR count). The van der Waals surface area contributed by atoms with Crippen LogP contribution in [0.1, 0.15) is 147 Å². The van der Waals surface area contributed by atoms with Crippen molar-refractivity contribution < 1.29 is 9.36 Å². The van der Waals surface area contributed by atoms with Gasteiger partial charge in [-0.05, 0) is 37.1 Å². The lowest BCUT2D eigenvalue weighted by Gasteiger charge is -2.25. The number of anilines is 1. The molecule has 54 heavy (non-hydrogen) atoms. The number of allylic oxidation sites excluding steroid dienone is 5. The average molecular weight is 761 g/mol. The van der Waals surface area contributed by atoms with E-state index in [-0.39, 0.29) is 11.4 Å². The molecule has 0 unspecified atom stereocenters. The average Bonchev–Trinajstić information content (AvgIpc) is 3.73. The highest BCUT2D eigenvalue weighted by Gasteiger charge is 2.37. The van der Waals surface area contributed by atoms with Crippen molar-refractivity contribution in [2.24, 2.45) is 0 Å². The number of thioether (sulfide) groups is 1. The molecular weight excluding hydrogens is 701 g/mol. The minimum atomic E-state index is -0.0983. The molecule has 5 nitrogen and oxygen atoms in total. The lowest BCUT2D eigenvalue weighted by Crippen LogP contribution is -2.35. The molecule has 1 aliphatic heterocycles. The minimum absolute atomic E-state index is 0.00295. The van der Waals surface area contributed by atoms with Crippen molar-refractivity contribution >= 4 is 56.7 Å². The van der Waals surface area contributed by atoms with Crippen molar-refractivity contribution in [2.75, 3.05) is 11.4 Å². The first-order valence-electron chi connectivity index (χ1n) is 21.0. The highest BCUT2D eigenvalue weighted by molar-refractivity contribution is 8.03. The number of benzene rings is 2. The molecule has 0 amide bonds. The number of rotatable bonds is 25. The molecular formula is C47H60N4OS2. The fraction of sp³-hybridized carbons (Fsp3) is 0.511. The molecule has 0 N–H and O–H groups in total.